The predicted molar refractivity (Wildman–Crippen MR) is 70.7 cm³/mol. The number of aromatic nitrogens is 1. The number of unbranched alkanes of at least 4 members (excludes halogenated alkanes) is 1. The van der Waals surface area contributed by atoms with Gasteiger partial charge in [-0.15, -0.1) is 0 Å². The normalized spacial score (nSPS) is 11.6. The molecular formula is C13H19N3O3. The average Bonchev–Trinajstić information content (AvgIpc) is 2.39. The van der Waals surface area contributed by atoms with Crippen molar-refractivity contribution in [1.82, 2.24) is 15.6 Å². The third-order valence-electron chi connectivity index (χ3n) is 2.66. The summed E-state index contributed by atoms with van der Waals surface area (Å²) >= 11 is 0. The van der Waals surface area contributed by atoms with Gasteiger partial charge >= 0.3 is 12.0 Å². The van der Waals surface area contributed by atoms with E-state index < -0.39 is 5.97 Å². The quantitative estimate of drug-likeness (QED) is 0.654. The Morgan fingerprint density at radius 1 is 1.32 bits per heavy atom. The minimum atomic E-state index is -0.809. The second-order valence-electron chi connectivity index (χ2n) is 4.25. The van der Waals surface area contributed by atoms with E-state index in [4.69, 9.17) is 5.11 Å². The molecule has 0 aliphatic rings. The van der Waals surface area contributed by atoms with Gasteiger partial charge in [-0.25, -0.2) is 4.79 Å². The summed E-state index contributed by atoms with van der Waals surface area (Å²) < 4.78 is 0. The highest BCUT2D eigenvalue weighted by Gasteiger charge is 2.08. The molecule has 1 atom stereocenters. The van der Waals surface area contributed by atoms with E-state index in [2.05, 4.69) is 15.6 Å². The number of rotatable bonds is 7. The van der Waals surface area contributed by atoms with Gasteiger partial charge in [0, 0.05) is 25.4 Å². The summed E-state index contributed by atoms with van der Waals surface area (Å²) in [5.41, 5.74) is 0.982. The molecule has 1 rings (SSSR count). The molecule has 0 fully saturated rings. The predicted octanol–water partition coefficient (Wildman–Crippen LogP) is 1.70. The average molecular weight is 265 g/mol. The van der Waals surface area contributed by atoms with Gasteiger partial charge in [-0.05, 0) is 37.5 Å². The molecule has 0 saturated carbocycles. The number of carbonyl (C=O) groups is 2. The van der Waals surface area contributed by atoms with E-state index in [-0.39, 0.29) is 18.5 Å². The number of carbonyl (C=O) groups excluding carboxylic acids is 1. The van der Waals surface area contributed by atoms with Crippen LogP contribution in [-0.2, 0) is 4.79 Å². The first-order valence-electron chi connectivity index (χ1n) is 6.25. The summed E-state index contributed by atoms with van der Waals surface area (Å²) in [7, 11) is 0. The van der Waals surface area contributed by atoms with E-state index in [9.17, 15) is 9.59 Å². The van der Waals surface area contributed by atoms with Gasteiger partial charge < -0.3 is 15.7 Å². The topological polar surface area (TPSA) is 91.3 Å². The minimum Gasteiger partial charge on any atom is -0.481 e. The third kappa shape index (κ3) is 6.40. The zero-order chi connectivity index (χ0) is 14.1. The number of carboxylic acids is 1. The number of urea groups is 1. The highest BCUT2D eigenvalue weighted by Crippen LogP contribution is 2.09. The summed E-state index contributed by atoms with van der Waals surface area (Å²) in [4.78, 5) is 25.8. The van der Waals surface area contributed by atoms with Gasteiger partial charge in [0.05, 0.1) is 6.04 Å². The lowest BCUT2D eigenvalue weighted by Gasteiger charge is -2.14. The van der Waals surface area contributed by atoms with Gasteiger partial charge in [-0.1, -0.05) is 0 Å². The largest absolute Gasteiger partial charge is 0.481 e. The SMILES string of the molecule is CC(NC(=O)NCCCCC(=O)O)c1ccncc1. The lowest BCUT2D eigenvalue weighted by Crippen LogP contribution is -2.37. The lowest BCUT2D eigenvalue weighted by molar-refractivity contribution is -0.137. The Hall–Kier alpha value is -2.11. The van der Waals surface area contributed by atoms with E-state index in [0.717, 1.165) is 5.56 Å². The molecule has 6 nitrogen and oxygen atoms in total. The van der Waals surface area contributed by atoms with E-state index in [0.29, 0.717) is 19.4 Å². The number of carboxylic acid groups (broad SMARTS) is 1. The third-order valence-corrected chi connectivity index (χ3v) is 2.66. The number of amides is 2. The molecule has 0 saturated heterocycles. The summed E-state index contributed by atoms with van der Waals surface area (Å²) in [5.74, 6) is -0.809. The number of aliphatic carboxylic acids is 1. The molecule has 1 heterocycles. The van der Waals surface area contributed by atoms with Crippen LogP contribution in [0.4, 0.5) is 4.79 Å². The highest BCUT2D eigenvalue weighted by atomic mass is 16.4. The molecule has 1 aromatic rings. The first-order valence-corrected chi connectivity index (χ1v) is 6.25. The summed E-state index contributed by atoms with van der Waals surface area (Å²) in [6, 6.07) is 3.34. The van der Waals surface area contributed by atoms with Crippen molar-refractivity contribution in [2.75, 3.05) is 6.54 Å². The van der Waals surface area contributed by atoms with Crippen LogP contribution in [0.25, 0.3) is 0 Å². The van der Waals surface area contributed by atoms with E-state index >= 15 is 0 Å². The Bertz CT molecular complexity index is 409. The van der Waals surface area contributed by atoms with Crippen LogP contribution < -0.4 is 10.6 Å². The maximum Gasteiger partial charge on any atom is 0.315 e. The molecule has 0 spiro atoms. The number of hydrogen-bond acceptors (Lipinski definition) is 3. The highest BCUT2D eigenvalue weighted by molar-refractivity contribution is 5.74. The first-order chi connectivity index (χ1) is 9.09. The molecule has 0 aliphatic heterocycles. The van der Waals surface area contributed by atoms with Crippen molar-refractivity contribution in [3.63, 3.8) is 0 Å². The molecule has 0 radical (unpaired) electrons. The van der Waals surface area contributed by atoms with Crippen molar-refractivity contribution in [2.24, 2.45) is 0 Å². The molecule has 6 heteroatoms. The number of nitrogens with one attached hydrogen (secondary N) is 2. The van der Waals surface area contributed by atoms with Crippen LogP contribution in [0.15, 0.2) is 24.5 Å². The van der Waals surface area contributed by atoms with Gasteiger partial charge in [-0.2, -0.15) is 0 Å². The fraction of sp³-hybridized carbons (Fsp3) is 0.462. The summed E-state index contributed by atoms with van der Waals surface area (Å²) in [6.07, 6.45) is 4.71. The molecule has 104 valence electrons. The van der Waals surface area contributed by atoms with Crippen molar-refractivity contribution in [2.45, 2.75) is 32.2 Å². The van der Waals surface area contributed by atoms with Gasteiger partial charge in [0.25, 0.3) is 0 Å². The molecule has 0 aromatic carbocycles. The van der Waals surface area contributed by atoms with Crippen LogP contribution >= 0.6 is 0 Å². The van der Waals surface area contributed by atoms with Crippen LogP contribution in [0.5, 0.6) is 0 Å². The lowest BCUT2D eigenvalue weighted by atomic mass is 10.1. The van der Waals surface area contributed by atoms with E-state index in [1.54, 1.807) is 12.4 Å². The fourth-order valence-electron chi connectivity index (χ4n) is 1.59. The second kappa shape index (κ2) is 8.07. The molecule has 19 heavy (non-hydrogen) atoms. The number of hydrogen-bond donors (Lipinski definition) is 3. The molecular weight excluding hydrogens is 246 g/mol. The molecule has 2 amide bonds. The van der Waals surface area contributed by atoms with E-state index in [1.807, 2.05) is 19.1 Å². The van der Waals surface area contributed by atoms with Crippen LogP contribution in [0.2, 0.25) is 0 Å². The van der Waals surface area contributed by atoms with Crippen LogP contribution in [0.1, 0.15) is 37.8 Å². The maximum absolute atomic E-state index is 11.6. The smallest absolute Gasteiger partial charge is 0.315 e. The summed E-state index contributed by atoms with van der Waals surface area (Å²) in [6.45, 7) is 2.36. The van der Waals surface area contributed by atoms with Gasteiger partial charge in [0.1, 0.15) is 0 Å². The molecule has 3 N–H and O–H groups in total. The van der Waals surface area contributed by atoms with Crippen LogP contribution in [0.3, 0.4) is 0 Å². The molecule has 0 bridgehead atoms. The van der Waals surface area contributed by atoms with Crippen molar-refractivity contribution < 1.29 is 14.7 Å². The second-order valence-corrected chi connectivity index (χ2v) is 4.25. The standard InChI is InChI=1S/C13H19N3O3/c1-10(11-5-8-14-9-6-11)16-13(19)15-7-3-2-4-12(17)18/h5-6,8-10H,2-4,7H2,1H3,(H,17,18)(H2,15,16,19). The Kier molecular flexibility index (Phi) is 6.35. The van der Waals surface area contributed by atoms with Gasteiger partial charge in [0.2, 0.25) is 0 Å². The van der Waals surface area contributed by atoms with Crippen molar-refractivity contribution in [3.05, 3.63) is 30.1 Å². The molecule has 1 unspecified atom stereocenters. The Morgan fingerprint density at radius 3 is 2.63 bits per heavy atom. The van der Waals surface area contributed by atoms with E-state index in [1.165, 1.54) is 0 Å². The van der Waals surface area contributed by atoms with Gasteiger partial charge in [-0.3, -0.25) is 9.78 Å². The fourth-order valence-corrected chi connectivity index (χ4v) is 1.59. The van der Waals surface area contributed by atoms with Crippen molar-refractivity contribution in [3.8, 4) is 0 Å². The maximum atomic E-state index is 11.6. The molecule has 0 aliphatic carbocycles. The monoisotopic (exact) mass is 265 g/mol. The van der Waals surface area contributed by atoms with Crippen molar-refractivity contribution >= 4 is 12.0 Å². The Balaban J connectivity index is 2.19. The Morgan fingerprint density at radius 2 is 2.00 bits per heavy atom. The molecule has 1 aromatic heterocycles. The zero-order valence-corrected chi connectivity index (χ0v) is 10.9. The van der Waals surface area contributed by atoms with Gasteiger partial charge in [0.15, 0.2) is 0 Å². The summed E-state index contributed by atoms with van der Waals surface area (Å²) in [5, 5.41) is 14.0. The minimum absolute atomic E-state index is 0.0954. The zero-order valence-electron chi connectivity index (χ0n) is 10.9. The van der Waals surface area contributed by atoms with Crippen LogP contribution in [0, 0.1) is 0 Å². The Labute approximate surface area is 112 Å². The number of pyridine rings is 1. The van der Waals surface area contributed by atoms with Crippen molar-refractivity contribution in [1.29, 1.82) is 0 Å². The van der Waals surface area contributed by atoms with Crippen LogP contribution in [-0.4, -0.2) is 28.6 Å². The first kappa shape index (κ1) is 14.9. The number of nitrogens with zero attached hydrogens (tertiary/aromatic N) is 1.